The summed E-state index contributed by atoms with van der Waals surface area (Å²) in [7, 11) is 1.41. The van der Waals surface area contributed by atoms with Crippen molar-refractivity contribution in [2.75, 3.05) is 7.11 Å². The summed E-state index contributed by atoms with van der Waals surface area (Å²) >= 11 is 3.31. The Labute approximate surface area is 190 Å². The van der Waals surface area contributed by atoms with Crippen LogP contribution in [0.5, 0.6) is 11.5 Å². The molecule has 0 aliphatic carbocycles. The molecule has 0 spiro atoms. The highest BCUT2D eigenvalue weighted by Gasteiger charge is 2.14. The van der Waals surface area contributed by atoms with E-state index < -0.39 is 10.9 Å². The number of nitrogens with zero attached hydrogens (tertiary/aromatic N) is 2. The van der Waals surface area contributed by atoms with Gasteiger partial charge in [0.15, 0.2) is 11.5 Å². The van der Waals surface area contributed by atoms with Crippen molar-refractivity contribution in [3.63, 3.8) is 0 Å². The van der Waals surface area contributed by atoms with Crippen LogP contribution in [0.3, 0.4) is 0 Å². The summed E-state index contributed by atoms with van der Waals surface area (Å²) in [6.07, 6.45) is 1.42. The lowest BCUT2D eigenvalue weighted by Gasteiger charge is -2.10. The standard InChI is InChI=1S/C22H16BrN3O6/c1-31-20-12-14(13-24-25-21(27)17-4-2-3-5-18(17)23)6-11-19(20)32-22(28)15-7-9-16(10-8-15)26(29)30/h2-13H,1H3,(H,25,27)/b24-13+. The maximum atomic E-state index is 12.3. The highest BCUT2D eigenvalue weighted by Crippen LogP contribution is 2.28. The van der Waals surface area contributed by atoms with Gasteiger partial charge in [-0.15, -0.1) is 0 Å². The first-order chi connectivity index (χ1) is 15.4. The number of halogens is 1. The van der Waals surface area contributed by atoms with Crippen molar-refractivity contribution in [2.45, 2.75) is 0 Å². The van der Waals surface area contributed by atoms with E-state index in [1.165, 1.54) is 43.7 Å². The number of nitrogens with one attached hydrogen (secondary N) is 1. The van der Waals surface area contributed by atoms with Gasteiger partial charge in [0.25, 0.3) is 11.6 Å². The van der Waals surface area contributed by atoms with Crippen LogP contribution in [0.2, 0.25) is 0 Å². The van der Waals surface area contributed by atoms with Crippen molar-refractivity contribution in [1.29, 1.82) is 0 Å². The van der Waals surface area contributed by atoms with Gasteiger partial charge in [-0.25, -0.2) is 10.2 Å². The first-order valence-corrected chi connectivity index (χ1v) is 9.91. The van der Waals surface area contributed by atoms with Crippen LogP contribution < -0.4 is 14.9 Å². The number of methoxy groups -OCH3 is 1. The molecule has 0 saturated heterocycles. The lowest BCUT2D eigenvalue weighted by molar-refractivity contribution is -0.384. The fraction of sp³-hybridized carbons (Fsp3) is 0.0455. The number of hydrazone groups is 1. The van der Waals surface area contributed by atoms with Gasteiger partial charge in [0, 0.05) is 16.6 Å². The summed E-state index contributed by atoms with van der Waals surface area (Å²) in [6, 6.07) is 16.7. The molecule has 10 heteroatoms. The number of non-ortho nitro benzene ring substituents is 1. The molecule has 0 atom stereocenters. The number of esters is 1. The molecule has 1 amide bonds. The molecular weight excluding hydrogens is 482 g/mol. The maximum absolute atomic E-state index is 12.3. The minimum atomic E-state index is -0.694. The van der Waals surface area contributed by atoms with Gasteiger partial charge in [-0.05, 0) is 64.0 Å². The zero-order chi connectivity index (χ0) is 23.1. The number of hydrogen-bond acceptors (Lipinski definition) is 7. The van der Waals surface area contributed by atoms with E-state index in [2.05, 4.69) is 26.5 Å². The lowest BCUT2D eigenvalue weighted by atomic mass is 10.2. The number of rotatable bonds is 7. The number of ether oxygens (including phenoxy) is 2. The largest absolute Gasteiger partial charge is 0.493 e. The van der Waals surface area contributed by atoms with Crippen molar-refractivity contribution in [3.05, 3.63) is 98.0 Å². The molecule has 0 unspecified atom stereocenters. The number of amides is 1. The van der Waals surface area contributed by atoms with Gasteiger partial charge in [0.05, 0.1) is 29.4 Å². The van der Waals surface area contributed by atoms with E-state index in [-0.39, 0.29) is 28.7 Å². The minimum Gasteiger partial charge on any atom is -0.493 e. The van der Waals surface area contributed by atoms with Crippen molar-refractivity contribution in [3.8, 4) is 11.5 Å². The minimum absolute atomic E-state index is 0.130. The smallest absolute Gasteiger partial charge is 0.343 e. The fourth-order valence-electron chi connectivity index (χ4n) is 2.60. The maximum Gasteiger partial charge on any atom is 0.343 e. The molecule has 0 bridgehead atoms. The lowest BCUT2D eigenvalue weighted by Crippen LogP contribution is -2.18. The zero-order valence-corrected chi connectivity index (χ0v) is 18.2. The number of benzene rings is 3. The molecule has 162 valence electrons. The predicted molar refractivity (Wildman–Crippen MR) is 120 cm³/mol. The second-order valence-electron chi connectivity index (χ2n) is 6.28. The van der Waals surface area contributed by atoms with Gasteiger partial charge in [-0.3, -0.25) is 14.9 Å². The molecule has 0 aromatic heterocycles. The summed E-state index contributed by atoms with van der Waals surface area (Å²) < 4.78 is 11.2. The van der Waals surface area contributed by atoms with Crippen molar-refractivity contribution >= 4 is 39.7 Å². The van der Waals surface area contributed by atoms with Crippen molar-refractivity contribution in [1.82, 2.24) is 5.43 Å². The number of carbonyl (C=O) groups excluding carboxylic acids is 2. The van der Waals surface area contributed by atoms with Gasteiger partial charge in [0.2, 0.25) is 0 Å². The predicted octanol–water partition coefficient (Wildman–Crippen LogP) is 4.35. The van der Waals surface area contributed by atoms with Crippen LogP contribution in [-0.4, -0.2) is 30.1 Å². The highest BCUT2D eigenvalue weighted by atomic mass is 79.9. The second kappa shape index (κ2) is 10.3. The molecule has 0 aliphatic rings. The average molecular weight is 498 g/mol. The first-order valence-electron chi connectivity index (χ1n) is 9.11. The van der Waals surface area contributed by atoms with Crippen LogP contribution in [0.4, 0.5) is 5.69 Å². The Morgan fingerprint density at radius 1 is 1.06 bits per heavy atom. The van der Waals surface area contributed by atoms with E-state index in [4.69, 9.17) is 9.47 Å². The van der Waals surface area contributed by atoms with Crippen LogP contribution >= 0.6 is 15.9 Å². The monoisotopic (exact) mass is 497 g/mol. The van der Waals surface area contributed by atoms with Gasteiger partial charge in [0.1, 0.15) is 0 Å². The van der Waals surface area contributed by atoms with Crippen LogP contribution in [0.15, 0.2) is 76.3 Å². The molecule has 3 aromatic carbocycles. The summed E-state index contributed by atoms with van der Waals surface area (Å²) in [4.78, 5) is 34.7. The third-order valence-corrected chi connectivity index (χ3v) is 4.89. The fourth-order valence-corrected chi connectivity index (χ4v) is 3.06. The topological polar surface area (TPSA) is 120 Å². The van der Waals surface area contributed by atoms with E-state index in [1.807, 2.05) is 0 Å². The zero-order valence-electron chi connectivity index (χ0n) is 16.7. The third kappa shape index (κ3) is 5.55. The summed E-state index contributed by atoms with van der Waals surface area (Å²) in [5.74, 6) is -0.652. The number of carbonyl (C=O) groups is 2. The Morgan fingerprint density at radius 2 is 1.78 bits per heavy atom. The van der Waals surface area contributed by atoms with Crippen LogP contribution in [0.1, 0.15) is 26.3 Å². The van der Waals surface area contributed by atoms with E-state index in [9.17, 15) is 19.7 Å². The summed E-state index contributed by atoms with van der Waals surface area (Å²) in [6.45, 7) is 0. The molecule has 9 nitrogen and oxygen atoms in total. The van der Waals surface area contributed by atoms with E-state index in [0.29, 0.717) is 15.6 Å². The number of hydrogen-bond donors (Lipinski definition) is 1. The van der Waals surface area contributed by atoms with Crippen LogP contribution in [-0.2, 0) is 0 Å². The molecule has 0 saturated carbocycles. The Morgan fingerprint density at radius 3 is 2.44 bits per heavy atom. The Hall–Kier alpha value is -4.05. The molecule has 32 heavy (non-hydrogen) atoms. The Bertz CT molecular complexity index is 1190. The number of nitro groups is 1. The van der Waals surface area contributed by atoms with E-state index in [0.717, 1.165) is 0 Å². The second-order valence-corrected chi connectivity index (χ2v) is 7.14. The summed E-state index contributed by atoms with van der Waals surface area (Å²) in [5.41, 5.74) is 3.48. The molecular formula is C22H16BrN3O6. The molecule has 0 radical (unpaired) electrons. The normalized spacial score (nSPS) is 10.6. The summed E-state index contributed by atoms with van der Waals surface area (Å²) in [5, 5.41) is 14.7. The quantitative estimate of drug-likeness (QED) is 0.170. The first kappa shape index (κ1) is 22.6. The third-order valence-electron chi connectivity index (χ3n) is 4.20. The number of nitro benzene ring substituents is 1. The van der Waals surface area contributed by atoms with E-state index in [1.54, 1.807) is 36.4 Å². The average Bonchev–Trinajstić information content (AvgIpc) is 2.80. The van der Waals surface area contributed by atoms with Gasteiger partial charge < -0.3 is 9.47 Å². The van der Waals surface area contributed by atoms with Gasteiger partial charge in [-0.2, -0.15) is 5.10 Å². The van der Waals surface area contributed by atoms with Crippen LogP contribution in [0, 0.1) is 10.1 Å². The van der Waals surface area contributed by atoms with E-state index >= 15 is 0 Å². The molecule has 0 heterocycles. The molecule has 3 aromatic rings. The highest BCUT2D eigenvalue weighted by molar-refractivity contribution is 9.10. The van der Waals surface area contributed by atoms with Crippen molar-refractivity contribution < 1.29 is 24.0 Å². The SMILES string of the molecule is COc1cc(/C=N/NC(=O)c2ccccc2Br)ccc1OC(=O)c1ccc([N+](=O)[O-])cc1. The molecule has 0 aliphatic heterocycles. The molecule has 3 rings (SSSR count). The van der Waals surface area contributed by atoms with Crippen LogP contribution in [0.25, 0.3) is 0 Å². The Kier molecular flexibility index (Phi) is 7.29. The Balaban J connectivity index is 1.68. The van der Waals surface area contributed by atoms with Gasteiger partial charge in [-0.1, -0.05) is 12.1 Å². The van der Waals surface area contributed by atoms with Gasteiger partial charge >= 0.3 is 5.97 Å². The molecule has 1 N–H and O–H groups in total. The van der Waals surface area contributed by atoms with Crippen molar-refractivity contribution in [2.24, 2.45) is 5.10 Å². The molecule has 0 fully saturated rings.